The van der Waals surface area contributed by atoms with Crippen LogP contribution < -0.4 is 5.73 Å². The van der Waals surface area contributed by atoms with Gasteiger partial charge < -0.3 is 10.8 Å². The summed E-state index contributed by atoms with van der Waals surface area (Å²) in [6.45, 7) is 0. The van der Waals surface area contributed by atoms with Gasteiger partial charge in [-0.3, -0.25) is 9.78 Å². The first-order valence-electron chi connectivity index (χ1n) is 5.36. The Bertz CT molecular complexity index is 630. The smallest absolute Gasteiger partial charge is 0.263 e. The largest absolute Gasteiger partial charge is 0.507 e. The molecule has 0 saturated heterocycles. The first kappa shape index (κ1) is 12.9. The fraction of sp³-hybridized carbons (Fsp3) is 0.0769. The van der Waals surface area contributed by atoms with Gasteiger partial charge in [0.05, 0.1) is 5.56 Å². The Morgan fingerprint density at radius 2 is 2.00 bits per heavy atom. The monoisotopic (exact) mass is 264 g/mol. The first-order valence-corrected chi connectivity index (χ1v) is 5.36. The van der Waals surface area contributed by atoms with Crippen molar-refractivity contribution in [3.8, 4) is 16.9 Å². The van der Waals surface area contributed by atoms with Gasteiger partial charge in [-0.25, -0.2) is 8.78 Å². The van der Waals surface area contributed by atoms with Crippen LogP contribution in [0.1, 0.15) is 22.3 Å². The minimum atomic E-state index is -2.67. The van der Waals surface area contributed by atoms with Gasteiger partial charge in [-0.05, 0) is 24.3 Å². The molecule has 6 heteroatoms. The van der Waals surface area contributed by atoms with E-state index < -0.39 is 12.3 Å². The second-order valence-corrected chi connectivity index (χ2v) is 3.86. The number of aromatic nitrogens is 1. The molecule has 0 radical (unpaired) electrons. The lowest BCUT2D eigenvalue weighted by Crippen LogP contribution is -2.12. The SMILES string of the molecule is NC(=O)c1ccncc1-c1cc(C(F)F)ccc1O. The molecule has 4 nitrogen and oxygen atoms in total. The number of rotatable bonds is 3. The second-order valence-electron chi connectivity index (χ2n) is 3.86. The summed E-state index contributed by atoms with van der Waals surface area (Å²) in [6, 6.07) is 4.74. The molecular formula is C13H10F2N2O2. The van der Waals surface area contributed by atoms with E-state index in [2.05, 4.69) is 4.98 Å². The number of aromatic hydroxyl groups is 1. The van der Waals surface area contributed by atoms with Crippen molar-refractivity contribution in [2.24, 2.45) is 5.73 Å². The third-order valence-electron chi connectivity index (χ3n) is 2.65. The number of hydrogen-bond acceptors (Lipinski definition) is 3. The normalized spacial score (nSPS) is 10.7. The lowest BCUT2D eigenvalue weighted by Gasteiger charge is -2.10. The predicted octanol–water partition coefficient (Wildman–Crippen LogP) is 2.49. The molecule has 0 aliphatic carbocycles. The van der Waals surface area contributed by atoms with E-state index in [-0.39, 0.29) is 28.0 Å². The van der Waals surface area contributed by atoms with Crippen LogP contribution in [0.2, 0.25) is 0 Å². The number of phenols is 1. The Labute approximate surface area is 107 Å². The average Bonchev–Trinajstić information content (AvgIpc) is 2.39. The van der Waals surface area contributed by atoms with Crippen molar-refractivity contribution in [2.45, 2.75) is 6.43 Å². The van der Waals surface area contributed by atoms with Crippen molar-refractivity contribution in [3.05, 3.63) is 47.8 Å². The van der Waals surface area contributed by atoms with Crippen molar-refractivity contribution in [2.75, 3.05) is 0 Å². The second kappa shape index (κ2) is 5.01. The molecular weight excluding hydrogens is 254 g/mol. The number of halogens is 2. The molecule has 98 valence electrons. The summed E-state index contributed by atoms with van der Waals surface area (Å²) in [5, 5.41) is 9.75. The van der Waals surface area contributed by atoms with Gasteiger partial charge in [0.25, 0.3) is 6.43 Å². The molecule has 1 amide bonds. The van der Waals surface area contributed by atoms with Crippen LogP contribution in [0.5, 0.6) is 5.75 Å². The third-order valence-corrected chi connectivity index (χ3v) is 2.65. The van der Waals surface area contributed by atoms with Gasteiger partial charge in [-0.2, -0.15) is 0 Å². The maximum atomic E-state index is 12.7. The Kier molecular flexibility index (Phi) is 3.41. The third kappa shape index (κ3) is 2.52. The highest BCUT2D eigenvalue weighted by Gasteiger charge is 2.16. The number of phenolic OH excluding ortho intramolecular Hbond substituents is 1. The first-order chi connectivity index (χ1) is 9.00. The summed E-state index contributed by atoms with van der Waals surface area (Å²) in [5.41, 5.74) is 5.37. The molecule has 0 unspecified atom stereocenters. The number of alkyl halides is 2. The molecule has 1 heterocycles. The Balaban J connectivity index is 2.65. The molecule has 2 rings (SSSR count). The fourth-order valence-electron chi connectivity index (χ4n) is 1.73. The number of nitrogens with two attached hydrogens (primary N) is 1. The molecule has 0 aliphatic heterocycles. The molecule has 0 fully saturated rings. The zero-order chi connectivity index (χ0) is 14.0. The molecule has 0 saturated carbocycles. The quantitative estimate of drug-likeness (QED) is 0.894. The summed E-state index contributed by atoms with van der Waals surface area (Å²) in [4.78, 5) is 15.1. The highest BCUT2D eigenvalue weighted by atomic mass is 19.3. The molecule has 0 atom stereocenters. The minimum Gasteiger partial charge on any atom is -0.507 e. The van der Waals surface area contributed by atoms with E-state index in [1.807, 2.05) is 0 Å². The summed E-state index contributed by atoms with van der Waals surface area (Å²) in [7, 11) is 0. The average molecular weight is 264 g/mol. The number of amides is 1. The lowest BCUT2D eigenvalue weighted by atomic mass is 9.99. The Hall–Kier alpha value is -2.50. The molecule has 2 aromatic rings. The van der Waals surface area contributed by atoms with Crippen LogP contribution >= 0.6 is 0 Å². The van der Waals surface area contributed by atoms with Gasteiger partial charge in [-0.1, -0.05) is 0 Å². The van der Waals surface area contributed by atoms with Gasteiger partial charge in [0.15, 0.2) is 0 Å². The maximum absolute atomic E-state index is 12.7. The van der Waals surface area contributed by atoms with Crippen LogP contribution in [0.4, 0.5) is 8.78 Å². The molecule has 19 heavy (non-hydrogen) atoms. The number of carbonyl (C=O) groups excluding carboxylic acids is 1. The zero-order valence-corrected chi connectivity index (χ0v) is 9.68. The molecule has 3 N–H and O–H groups in total. The van der Waals surface area contributed by atoms with Crippen LogP contribution in [0.15, 0.2) is 36.7 Å². The van der Waals surface area contributed by atoms with Crippen LogP contribution in [0.3, 0.4) is 0 Å². The molecule has 0 spiro atoms. The van der Waals surface area contributed by atoms with E-state index >= 15 is 0 Å². The van der Waals surface area contributed by atoms with Crippen LogP contribution in [-0.2, 0) is 0 Å². The Morgan fingerprint density at radius 1 is 1.26 bits per heavy atom. The van der Waals surface area contributed by atoms with E-state index in [4.69, 9.17) is 5.73 Å². The van der Waals surface area contributed by atoms with E-state index in [9.17, 15) is 18.7 Å². The van der Waals surface area contributed by atoms with E-state index in [0.29, 0.717) is 0 Å². The molecule has 0 bridgehead atoms. The minimum absolute atomic E-state index is 0.0969. The predicted molar refractivity (Wildman–Crippen MR) is 64.8 cm³/mol. The van der Waals surface area contributed by atoms with E-state index in [1.165, 1.54) is 18.5 Å². The van der Waals surface area contributed by atoms with Crippen molar-refractivity contribution < 1.29 is 18.7 Å². The number of primary amides is 1. The highest BCUT2D eigenvalue weighted by molar-refractivity contribution is 6.00. The van der Waals surface area contributed by atoms with Crippen LogP contribution in [0, 0.1) is 0 Å². The number of pyridine rings is 1. The van der Waals surface area contributed by atoms with Crippen molar-refractivity contribution >= 4 is 5.91 Å². The van der Waals surface area contributed by atoms with Gasteiger partial charge >= 0.3 is 0 Å². The van der Waals surface area contributed by atoms with Gasteiger partial charge in [0, 0.05) is 29.1 Å². The fourth-order valence-corrected chi connectivity index (χ4v) is 1.73. The summed E-state index contributed by atoms with van der Waals surface area (Å²) in [6.07, 6.45) is -0.0183. The van der Waals surface area contributed by atoms with E-state index in [1.54, 1.807) is 0 Å². The summed E-state index contributed by atoms with van der Waals surface area (Å²) >= 11 is 0. The van der Waals surface area contributed by atoms with Gasteiger partial charge in [-0.15, -0.1) is 0 Å². The van der Waals surface area contributed by atoms with Crippen LogP contribution in [0.25, 0.3) is 11.1 Å². The maximum Gasteiger partial charge on any atom is 0.263 e. The number of nitrogens with zero attached hydrogens (tertiary/aromatic N) is 1. The van der Waals surface area contributed by atoms with Gasteiger partial charge in [0.1, 0.15) is 5.75 Å². The summed E-state index contributed by atoms with van der Waals surface area (Å²) < 4.78 is 25.3. The van der Waals surface area contributed by atoms with E-state index in [0.717, 1.165) is 18.2 Å². The Morgan fingerprint density at radius 3 is 2.63 bits per heavy atom. The standard InChI is InChI=1S/C13H10F2N2O2/c14-12(15)7-1-2-11(18)9(5-7)10-6-17-4-3-8(10)13(16)19/h1-6,12,18H,(H2,16,19). The zero-order valence-electron chi connectivity index (χ0n) is 9.68. The number of benzene rings is 1. The van der Waals surface area contributed by atoms with Crippen molar-refractivity contribution in [1.82, 2.24) is 4.98 Å². The highest BCUT2D eigenvalue weighted by Crippen LogP contribution is 2.34. The lowest BCUT2D eigenvalue weighted by molar-refractivity contribution is 0.100. The number of hydrogen-bond donors (Lipinski definition) is 2. The molecule has 0 aliphatic rings. The van der Waals surface area contributed by atoms with Crippen molar-refractivity contribution in [3.63, 3.8) is 0 Å². The topological polar surface area (TPSA) is 76.2 Å². The number of carbonyl (C=O) groups is 1. The van der Waals surface area contributed by atoms with Crippen LogP contribution in [-0.4, -0.2) is 16.0 Å². The molecule has 1 aromatic heterocycles. The molecule has 1 aromatic carbocycles. The van der Waals surface area contributed by atoms with Crippen molar-refractivity contribution in [1.29, 1.82) is 0 Å². The summed E-state index contributed by atoms with van der Waals surface area (Å²) in [5.74, 6) is -0.945. The van der Waals surface area contributed by atoms with Gasteiger partial charge in [0.2, 0.25) is 5.91 Å².